The number of unbranched alkanes of at least 4 members (excludes halogenated alkanes) is 26. The normalized spacial score (nSPS) is 14.6. The molecule has 0 rings (SSSR count). The predicted octanol–water partition coefficient (Wildman–Crippen LogP) is 26.1. The molecule has 0 fully saturated rings. The van der Waals surface area contributed by atoms with Crippen LogP contribution < -0.4 is 0 Å². The minimum absolute atomic E-state index is 0.0663. The zero-order valence-electron chi connectivity index (χ0n) is 70.0. The molecule has 19 heteroatoms. The van der Waals surface area contributed by atoms with E-state index in [0.29, 0.717) is 25.7 Å². The van der Waals surface area contributed by atoms with Crippen molar-refractivity contribution in [2.75, 3.05) is 39.6 Å². The van der Waals surface area contributed by atoms with Crippen LogP contribution in [0.3, 0.4) is 0 Å². The molecule has 0 radical (unpaired) electrons. The van der Waals surface area contributed by atoms with Crippen molar-refractivity contribution in [2.45, 2.75) is 354 Å². The standard InChI is InChI=1S/C93H154O17P2/c1-5-9-13-17-21-25-29-33-37-40-43-46-50-53-57-61-65-69-73-77-90(95)103-83-88(109-92(97)79-75-71-67-63-59-55-49-36-32-28-24-20-16-12-8-4)85-107-111(99,100)105-81-87(94)82-106-112(101,102)108-86-89(110-93(98)80-76-72-68-64-60-56-52-48-45-42-39-35-31-27-23-19-15-11-7-3)84-104-91(96)78-74-70-66-62-58-54-51-47-44-41-38-34-30-26-22-18-14-10-6-2/h9-10,13-14,21-23,25-27,33-39,43-49,53-54,57-58,87-89,94H,5-8,11-12,15-20,24,28-32,40-42,50-52,55-56,59-86H2,1-4H3,(H,99,100)(H,101,102)/b13-9-,14-10-,25-21-,26-22-,27-23-,37-33-,38-34-,39-35-,46-43-,47-44-,48-45-,49-36-,57-53-,58-54-. The molecule has 0 spiro atoms. The minimum Gasteiger partial charge on any atom is -0.462 e. The molecule has 0 aromatic heterocycles. The van der Waals surface area contributed by atoms with E-state index in [0.717, 1.165) is 199 Å². The van der Waals surface area contributed by atoms with Gasteiger partial charge in [0, 0.05) is 25.7 Å². The van der Waals surface area contributed by atoms with Crippen LogP contribution in [0.25, 0.3) is 0 Å². The first-order valence-electron chi connectivity index (χ1n) is 43.4. The number of allylic oxidation sites excluding steroid dienone is 28. The molecule has 3 N–H and O–H groups in total. The van der Waals surface area contributed by atoms with Crippen molar-refractivity contribution in [3.8, 4) is 0 Å². The molecule has 0 amide bonds. The molecule has 0 aromatic carbocycles. The second-order valence-corrected chi connectivity index (χ2v) is 31.3. The van der Waals surface area contributed by atoms with Gasteiger partial charge in [-0.3, -0.25) is 37.3 Å². The summed E-state index contributed by atoms with van der Waals surface area (Å²) in [4.78, 5) is 73.3. The van der Waals surface area contributed by atoms with Gasteiger partial charge < -0.3 is 33.8 Å². The molecule has 112 heavy (non-hydrogen) atoms. The van der Waals surface area contributed by atoms with Crippen LogP contribution in [-0.2, 0) is 65.4 Å². The van der Waals surface area contributed by atoms with Crippen LogP contribution in [0, 0.1) is 0 Å². The summed E-state index contributed by atoms with van der Waals surface area (Å²) in [6.07, 6.45) is 100. The van der Waals surface area contributed by atoms with Crippen molar-refractivity contribution < 1.29 is 80.2 Å². The van der Waals surface area contributed by atoms with E-state index in [1.807, 2.05) is 0 Å². The van der Waals surface area contributed by atoms with E-state index in [1.165, 1.54) is 57.8 Å². The fraction of sp³-hybridized carbons (Fsp3) is 0.656. The summed E-state index contributed by atoms with van der Waals surface area (Å²) in [5, 5.41) is 10.7. The highest BCUT2D eigenvalue weighted by atomic mass is 31.2. The Balaban J connectivity index is 5.48. The summed E-state index contributed by atoms with van der Waals surface area (Å²) in [6, 6.07) is 0. The Morgan fingerprint density at radius 1 is 0.259 bits per heavy atom. The van der Waals surface area contributed by atoms with Gasteiger partial charge in [0.15, 0.2) is 12.2 Å². The Morgan fingerprint density at radius 2 is 0.464 bits per heavy atom. The molecule has 0 aliphatic heterocycles. The predicted molar refractivity (Wildman–Crippen MR) is 463 cm³/mol. The van der Waals surface area contributed by atoms with Gasteiger partial charge in [0.2, 0.25) is 0 Å². The van der Waals surface area contributed by atoms with Crippen LogP contribution in [0.4, 0.5) is 0 Å². The first-order valence-corrected chi connectivity index (χ1v) is 46.4. The lowest BCUT2D eigenvalue weighted by molar-refractivity contribution is -0.161. The number of carbonyl (C=O) groups excluding carboxylic acids is 4. The van der Waals surface area contributed by atoms with Gasteiger partial charge in [0.1, 0.15) is 19.3 Å². The van der Waals surface area contributed by atoms with Crippen LogP contribution in [0.15, 0.2) is 170 Å². The number of hydrogen-bond donors (Lipinski definition) is 3. The van der Waals surface area contributed by atoms with Crippen LogP contribution in [0.5, 0.6) is 0 Å². The molecular formula is C93H154O17P2. The fourth-order valence-electron chi connectivity index (χ4n) is 11.1. The van der Waals surface area contributed by atoms with Gasteiger partial charge in [-0.15, -0.1) is 0 Å². The monoisotopic (exact) mass is 1610 g/mol. The number of hydrogen-bond acceptors (Lipinski definition) is 15. The maximum absolute atomic E-state index is 13.2. The second kappa shape index (κ2) is 83.4. The lowest BCUT2D eigenvalue weighted by atomic mass is 10.1. The summed E-state index contributed by atoms with van der Waals surface area (Å²) in [7, 11) is -10.0. The molecule has 0 aliphatic carbocycles. The summed E-state index contributed by atoms with van der Waals surface area (Å²) >= 11 is 0. The van der Waals surface area contributed by atoms with E-state index in [2.05, 4.69) is 198 Å². The van der Waals surface area contributed by atoms with Gasteiger partial charge >= 0.3 is 39.5 Å². The summed E-state index contributed by atoms with van der Waals surface area (Å²) < 4.78 is 68.8. The molecule has 5 atom stereocenters. The van der Waals surface area contributed by atoms with Gasteiger partial charge in [-0.05, 0) is 180 Å². The van der Waals surface area contributed by atoms with E-state index in [1.54, 1.807) is 0 Å². The topological polar surface area (TPSA) is 237 Å². The number of rotatable bonds is 80. The fourth-order valence-corrected chi connectivity index (χ4v) is 12.7. The number of aliphatic hydroxyl groups excluding tert-OH is 1. The second-order valence-electron chi connectivity index (χ2n) is 28.4. The van der Waals surface area contributed by atoms with Gasteiger partial charge in [0.05, 0.1) is 26.4 Å². The average molecular weight is 1610 g/mol. The zero-order chi connectivity index (χ0) is 81.7. The van der Waals surface area contributed by atoms with Crippen LogP contribution in [0.2, 0.25) is 0 Å². The Hall–Kier alpha value is -5.58. The lowest BCUT2D eigenvalue weighted by Crippen LogP contribution is -2.30. The Morgan fingerprint density at radius 3 is 0.750 bits per heavy atom. The minimum atomic E-state index is -5.01. The van der Waals surface area contributed by atoms with Crippen molar-refractivity contribution >= 4 is 39.5 Å². The molecule has 0 aromatic rings. The van der Waals surface area contributed by atoms with Crippen molar-refractivity contribution in [1.29, 1.82) is 0 Å². The molecule has 17 nitrogen and oxygen atoms in total. The highest BCUT2D eigenvalue weighted by Crippen LogP contribution is 2.45. The zero-order valence-corrected chi connectivity index (χ0v) is 71.8. The first kappa shape index (κ1) is 106. The van der Waals surface area contributed by atoms with Crippen molar-refractivity contribution in [1.82, 2.24) is 0 Å². The SMILES string of the molecule is CC/C=C\C/C=C\C/C=C\C/C=C\C/C=C\CCCCCC(=O)OCC(COP(=O)(O)OCC(O)COP(=O)(O)OCC(COC(=O)CCCCC/C=C\C/C=C\C/C=C\C/C=C\C/C=C\CC)OC(=O)CCCCCCCC/C=C\C/C=C\C/C=C\CCCCC)OC(=O)CCCCCCC/C=C\CCCCCCCC. The van der Waals surface area contributed by atoms with Crippen LogP contribution in [-0.4, -0.2) is 96.7 Å². The smallest absolute Gasteiger partial charge is 0.462 e. The quantitative estimate of drug-likeness (QED) is 0.0169. The third-order valence-electron chi connectivity index (χ3n) is 17.6. The van der Waals surface area contributed by atoms with Crippen molar-refractivity contribution in [2.24, 2.45) is 0 Å². The number of carbonyl (C=O) groups is 4. The van der Waals surface area contributed by atoms with E-state index < -0.39 is 97.5 Å². The lowest BCUT2D eigenvalue weighted by Gasteiger charge is -2.21. The Kier molecular flexibility index (Phi) is 79.2. The molecule has 0 saturated heterocycles. The average Bonchev–Trinajstić information content (AvgIpc) is 0.898. The van der Waals surface area contributed by atoms with E-state index in [4.69, 9.17) is 37.0 Å². The highest BCUT2D eigenvalue weighted by Gasteiger charge is 2.30. The molecule has 0 saturated carbocycles. The number of ether oxygens (including phenoxy) is 4. The third-order valence-corrected chi connectivity index (χ3v) is 19.5. The molecule has 0 bridgehead atoms. The Labute approximate surface area is 680 Å². The molecule has 638 valence electrons. The molecule has 5 unspecified atom stereocenters. The molecular weight excluding hydrogens is 1450 g/mol. The number of phosphoric acid groups is 2. The maximum Gasteiger partial charge on any atom is 0.472 e. The summed E-state index contributed by atoms with van der Waals surface area (Å²) in [5.74, 6) is -2.27. The Bertz CT molecular complexity index is 2790. The number of aliphatic hydroxyl groups is 1. The van der Waals surface area contributed by atoms with Gasteiger partial charge in [0.25, 0.3) is 0 Å². The van der Waals surface area contributed by atoms with E-state index in [-0.39, 0.29) is 25.7 Å². The number of esters is 4. The summed E-state index contributed by atoms with van der Waals surface area (Å²) in [5.41, 5.74) is 0. The van der Waals surface area contributed by atoms with E-state index >= 15 is 0 Å². The summed E-state index contributed by atoms with van der Waals surface area (Å²) in [6.45, 7) is 4.54. The van der Waals surface area contributed by atoms with Gasteiger partial charge in [-0.1, -0.05) is 301 Å². The van der Waals surface area contributed by atoms with Gasteiger partial charge in [-0.25, -0.2) is 9.13 Å². The largest absolute Gasteiger partial charge is 0.472 e. The van der Waals surface area contributed by atoms with Crippen LogP contribution >= 0.6 is 15.6 Å². The van der Waals surface area contributed by atoms with Crippen molar-refractivity contribution in [3.63, 3.8) is 0 Å². The highest BCUT2D eigenvalue weighted by molar-refractivity contribution is 7.47. The van der Waals surface area contributed by atoms with E-state index in [9.17, 15) is 43.2 Å². The van der Waals surface area contributed by atoms with Gasteiger partial charge in [-0.2, -0.15) is 0 Å². The molecule has 0 aliphatic rings. The van der Waals surface area contributed by atoms with Crippen LogP contribution in [0.1, 0.15) is 336 Å². The van der Waals surface area contributed by atoms with Crippen molar-refractivity contribution in [3.05, 3.63) is 170 Å². The number of phosphoric ester groups is 2. The maximum atomic E-state index is 13.2. The third kappa shape index (κ3) is 82.4. The first-order chi connectivity index (χ1) is 54.7. The molecule has 0 heterocycles.